The van der Waals surface area contributed by atoms with Crippen molar-refractivity contribution in [3.8, 4) is 0 Å². The number of carboxylic acids is 1. The van der Waals surface area contributed by atoms with Crippen molar-refractivity contribution in [1.82, 2.24) is 9.97 Å². The topological polar surface area (TPSA) is 89.1 Å². The SMILES string of the molecule is Nc1ncc(F)c(C(=O)O)n1. The van der Waals surface area contributed by atoms with Crippen LogP contribution >= 0.6 is 0 Å². The van der Waals surface area contributed by atoms with E-state index in [0.29, 0.717) is 6.20 Å². The summed E-state index contributed by atoms with van der Waals surface area (Å²) in [5.74, 6) is -2.72. The van der Waals surface area contributed by atoms with Gasteiger partial charge in [0.25, 0.3) is 0 Å². The average Bonchev–Trinajstić information content (AvgIpc) is 1.94. The molecule has 0 aliphatic rings. The lowest BCUT2D eigenvalue weighted by atomic mass is 10.4. The summed E-state index contributed by atoms with van der Waals surface area (Å²) >= 11 is 0. The number of aromatic carboxylic acids is 1. The standard InChI is InChI=1S/C5H4FN3O2/c6-2-1-8-5(7)9-3(2)4(10)11/h1H,(H,10,11)(H2,7,8,9). The van der Waals surface area contributed by atoms with Gasteiger partial charge in [-0.1, -0.05) is 0 Å². The van der Waals surface area contributed by atoms with Crippen molar-refractivity contribution in [1.29, 1.82) is 0 Å². The minimum absolute atomic E-state index is 0.260. The van der Waals surface area contributed by atoms with Crippen molar-refractivity contribution < 1.29 is 14.3 Å². The molecule has 0 spiro atoms. The van der Waals surface area contributed by atoms with Gasteiger partial charge in [-0.15, -0.1) is 0 Å². The van der Waals surface area contributed by atoms with Gasteiger partial charge in [-0.25, -0.2) is 19.2 Å². The molecule has 0 aliphatic carbocycles. The van der Waals surface area contributed by atoms with Crippen LogP contribution in [0.4, 0.5) is 10.3 Å². The highest BCUT2D eigenvalue weighted by atomic mass is 19.1. The van der Waals surface area contributed by atoms with Crippen LogP contribution in [0, 0.1) is 5.82 Å². The first-order valence-electron chi connectivity index (χ1n) is 2.62. The molecule has 0 atom stereocenters. The summed E-state index contributed by atoms with van der Waals surface area (Å²) in [6.07, 6.45) is 0.714. The summed E-state index contributed by atoms with van der Waals surface area (Å²) in [5.41, 5.74) is 4.30. The summed E-state index contributed by atoms with van der Waals surface area (Å²) in [7, 11) is 0. The predicted molar refractivity (Wildman–Crippen MR) is 33.4 cm³/mol. The van der Waals surface area contributed by atoms with Crippen LogP contribution in [-0.4, -0.2) is 21.0 Å². The lowest BCUT2D eigenvalue weighted by Crippen LogP contribution is -2.07. The average molecular weight is 157 g/mol. The molecule has 0 unspecified atom stereocenters. The van der Waals surface area contributed by atoms with Gasteiger partial charge in [0.05, 0.1) is 6.20 Å². The number of carboxylic acid groups (broad SMARTS) is 1. The molecule has 1 rings (SSSR count). The second-order valence-corrected chi connectivity index (χ2v) is 1.73. The fourth-order valence-electron chi connectivity index (χ4n) is 0.531. The van der Waals surface area contributed by atoms with E-state index < -0.39 is 17.5 Å². The lowest BCUT2D eigenvalue weighted by molar-refractivity contribution is 0.0685. The first-order valence-corrected chi connectivity index (χ1v) is 2.62. The lowest BCUT2D eigenvalue weighted by Gasteiger charge is -1.95. The fourth-order valence-corrected chi connectivity index (χ4v) is 0.531. The van der Waals surface area contributed by atoms with E-state index in [-0.39, 0.29) is 5.95 Å². The zero-order valence-electron chi connectivity index (χ0n) is 5.28. The number of halogens is 1. The second kappa shape index (κ2) is 2.49. The highest BCUT2D eigenvalue weighted by Crippen LogP contribution is 2.02. The van der Waals surface area contributed by atoms with Crippen molar-refractivity contribution in [2.24, 2.45) is 0 Å². The van der Waals surface area contributed by atoms with Crippen LogP contribution in [0.2, 0.25) is 0 Å². The second-order valence-electron chi connectivity index (χ2n) is 1.73. The minimum atomic E-state index is -1.46. The Bertz CT molecular complexity index is 302. The molecule has 0 radical (unpaired) electrons. The van der Waals surface area contributed by atoms with Gasteiger partial charge in [0.2, 0.25) is 5.95 Å². The Balaban J connectivity index is 3.23. The number of rotatable bonds is 1. The zero-order valence-corrected chi connectivity index (χ0v) is 5.28. The number of aromatic nitrogens is 2. The Morgan fingerprint density at radius 1 is 1.73 bits per heavy atom. The quantitative estimate of drug-likeness (QED) is 0.593. The summed E-state index contributed by atoms with van der Waals surface area (Å²) in [5, 5.41) is 8.30. The van der Waals surface area contributed by atoms with Crippen LogP contribution in [0.25, 0.3) is 0 Å². The van der Waals surface area contributed by atoms with Crippen molar-refractivity contribution >= 4 is 11.9 Å². The van der Waals surface area contributed by atoms with Crippen molar-refractivity contribution in [2.75, 3.05) is 5.73 Å². The third kappa shape index (κ3) is 1.40. The van der Waals surface area contributed by atoms with E-state index in [9.17, 15) is 9.18 Å². The summed E-state index contributed by atoms with van der Waals surface area (Å²) in [6, 6.07) is 0. The Labute approximate surface area is 60.7 Å². The van der Waals surface area contributed by atoms with E-state index in [4.69, 9.17) is 10.8 Å². The molecule has 0 aromatic carbocycles. The van der Waals surface area contributed by atoms with E-state index in [2.05, 4.69) is 9.97 Å². The van der Waals surface area contributed by atoms with Crippen LogP contribution in [0.15, 0.2) is 6.20 Å². The van der Waals surface area contributed by atoms with Crippen molar-refractivity contribution in [3.05, 3.63) is 17.7 Å². The molecule has 0 bridgehead atoms. The number of hydrogen-bond acceptors (Lipinski definition) is 4. The molecule has 58 valence electrons. The smallest absolute Gasteiger partial charge is 0.357 e. The molecular formula is C5H4FN3O2. The van der Waals surface area contributed by atoms with Gasteiger partial charge in [-0.2, -0.15) is 0 Å². The van der Waals surface area contributed by atoms with Gasteiger partial charge >= 0.3 is 5.97 Å². The van der Waals surface area contributed by atoms with Crippen LogP contribution in [0.3, 0.4) is 0 Å². The molecule has 5 nitrogen and oxygen atoms in total. The Morgan fingerprint density at radius 2 is 2.36 bits per heavy atom. The van der Waals surface area contributed by atoms with E-state index in [1.54, 1.807) is 0 Å². The molecule has 1 aromatic rings. The molecule has 0 saturated heterocycles. The molecule has 6 heteroatoms. The molecule has 0 aliphatic heterocycles. The number of nitrogen functional groups attached to an aromatic ring is 1. The normalized spacial score (nSPS) is 9.55. The monoisotopic (exact) mass is 157 g/mol. The molecule has 0 amide bonds. The van der Waals surface area contributed by atoms with Crippen molar-refractivity contribution in [2.45, 2.75) is 0 Å². The summed E-state index contributed by atoms with van der Waals surface area (Å²) in [4.78, 5) is 16.6. The number of nitrogens with zero attached hydrogens (tertiary/aromatic N) is 2. The Hall–Kier alpha value is -1.72. The Kier molecular flexibility index (Phi) is 1.67. The van der Waals surface area contributed by atoms with Crippen LogP contribution < -0.4 is 5.73 Å². The molecule has 3 N–H and O–H groups in total. The van der Waals surface area contributed by atoms with Crippen LogP contribution in [0.5, 0.6) is 0 Å². The zero-order chi connectivity index (χ0) is 8.43. The number of nitrogens with two attached hydrogens (primary N) is 1. The molecule has 11 heavy (non-hydrogen) atoms. The van der Waals surface area contributed by atoms with Gasteiger partial charge < -0.3 is 10.8 Å². The highest BCUT2D eigenvalue weighted by Gasteiger charge is 2.12. The molecule has 0 saturated carbocycles. The third-order valence-corrected chi connectivity index (χ3v) is 0.965. The summed E-state index contributed by atoms with van der Waals surface area (Å²) < 4.78 is 12.5. The maximum atomic E-state index is 12.5. The number of anilines is 1. The molecule has 0 fully saturated rings. The van der Waals surface area contributed by atoms with Crippen LogP contribution in [-0.2, 0) is 0 Å². The predicted octanol–water partition coefficient (Wildman–Crippen LogP) is -0.104. The Morgan fingerprint density at radius 3 is 2.82 bits per heavy atom. The van der Waals surface area contributed by atoms with Gasteiger partial charge in [0, 0.05) is 0 Å². The van der Waals surface area contributed by atoms with Crippen molar-refractivity contribution in [3.63, 3.8) is 0 Å². The molecule has 1 heterocycles. The minimum Gasteiger partial charge on any atom is -0.476 e. The van der Waals surface area contributed by atoms with Gasteiger partial charge in [-0.05, 0) is 0 Å². The summed E-state index contributed by atoms with van der Waals surface area (Å²) in [6.45, 7) is 0. The first kappa shape index (κ1) is 7.39. The maximum Gasteiger partial charge on any atom is 0.357 e. The van der Waals surface area contributed by atoms with Gasteiger partial charge in [0.15, 0.2) is 11.5 Å². The number of hydrogen-bond donors (Lipinski definition) is 2. The molecule has 1 aromatic heterocycles. The third-order valence-electron chi connectivity index (χ3n) is 0.965. The van der Waals surface area contributed by atoms with E-state index in [0.717, 1.165) is 0 Å². The van der Waals surface area contributed by atoms with E-state index >= 15 is 0 Å². The van der Waals surface area contributed by atoms with Gasteiger partial charge in [0.1, 0.15) is 0 Å². The highest BCUT2D eigenvalue weighted by molar-refractivity contribution is 5.85. The van der Waals surface area contributed by atoms with Gasteiger partial charge in [-0.3, -0.25) is 0 Å². The molecular weight excluding hydrogens is 153 g/mol. The number of carbonyl (C=O) groups is 1. The maximum absolute atomic E-state index is 12.5. The first-order chi connectivity index (χ1) is 5.11. The fraction of sp³-hybridized carbons (Fsp3) is 0. The van der Waals surface area contributed by atoms with Crippen LogP contribution in [0.1, 0.15) is 10.5 Å². The van der Waals surface area contributed by atoms with E-state index in [1.165, 1.54) is 0 Å². The largest absolute Gasteiger partial charge is 0.476 e. The van der Waals surface area contributed by atoms with E-state index in [1.807, 2.05) is 0 Å².